The van der Waals surface area contributed by atoms with Crippen LogP contribution < -0.4 is 9.62 Å². The molecule has 0 radical (unpaired) electrons. The summed E-state index contributed by atoms with van der Waals surface area (Å²) < 4.78 is 27.7. The second-order valence-electron chi connectivity index (χ2n) is 9.56. The van der Waals surface area contributed by atoms with Gasteiger partial charge in [0.05, 0.1) is 11.9 Å². The molecule has 7 nitrogen and oxygen atoms in total. The van der Waals surface area contributed by atoms with Crippen LogP contribution >= 0.6 is 15.9 Å². The molecule has 2 amide bonds. The predicted octanol–water partition coefficient (Wildman–Crippen LogP) is 5.08. The highest BCUT2D eigenvalue weighted by atomic mass is 79.9. The lowest BCUT2D eigenvalue weighted by Gasteiger charge is -2.33. The molecule has 0 unspecified atom stereocenters. The Kier molecular flexibility index (Phi) is 11.1. The molecule has 0 aliphatic carbocycles. The maximum atomic E-state index is 14.0. The van der Waals surface area contributed by atoms with E-state index in [0.29, 0.717) is 18.7 Å². The molecular weight excluding hydrogens is 578 g/mol. The van der Waals surface area contributed by atoms with Crippen molar-refractivity contribution in [1.29, 1.82) is 0 Å². The Hall–Kier alpha value is -3.17. The molecular formula is C30H36BrN3O4S. The number of hydrogen-bond acceptors (Lipinski definition) is 4. The van der Waals surface area contributed by atoms with E-state index in [1.165, 1.54) is 4.90 Å². The van der Waals surface area contributed by atoms with E-state index in [2.05, 4.69) is 21.2 Å². The Bertz CT molecular complexity index is 1350. The van der Waals surface area contributed by atoms with Gasteiger partial charge in [0, 0.05) is 24.0 Å². The summed E-state index contributed by atoms with van der Waals surface area (Å²) in [7, 11) is -3.80. The second-order valence-corrected chi connectivity index (χ2v) is 12.3. The number of rotatable bonds is 13. The zero-order valence-corrected chi connectivity index (χ0v) is 25.0. The highest BCUT2D eigenvalue weighted by Gasteiger charge is 2.33. The van der Waals surface area contributed by atoms with Gasteiger partial charge < -0.3 is 10.2 Å². The van der Waals surface area contributed by atoms with Crippen LogP contribution in [0.3, 0.4) is 0 Å². The molecule has 39 heavy (non-hydrogen) atoms. The van der Waals surface area contributed by atoms with Crippen LogP contribution in [0.4, 0.5) is 5.69 Å². The van der Waals surface area contributed by atoms with Crippen LogP contribution in [0, 0.1) is 6.92 Å². The van der Waals surface area contributed by atoms with Crippen LogP contribution in [0.5, 0.6) is 0 Å². The highest BCUT2D eigenvalue weighted by Crippen LogP contribution is 2.25. The third-order valence-electron chi connectivity index (χ3n) is 6.41. The summed E-state index contributed by atoms with van der Waals surface area (Å²) in [6.07, 6.45) is 3.12. The second kappa shape index (κ2) is 14.3. The molecule has 208 valence electrons. The number of sulfonamides is 1. The van der Waals surface area contributed by atoms with Crippen molar-refractivity contribution in [2.45, 2.75) is 45.7 Å². The van der Waals surface area contributed by atoms with E-state index in [1.54, 1.807) is 18.2 Å². The van der Waals surface area contributed by atoms with Crippen LogP contribution in [-0.4, -0.2) is 50.5 Å². The fourth-order valence-corrected chi connectivity index (χ4v) is 5.33. The number of carbonyl (C=O) groups is 2. The van der Waals surface area contributed by atoms with Crippen LogP contribution in [0.15, 0.2) is 83.3 Å². The first-order valence-corrected chi connectivity index (χ1v) is 15.6. The standard InChI is InChI=1S/C30H36BrN3O4S/c1-4-5-18-32-30(36)28(20-24-12-8-6-9-13-24)33(21-25-14-10-7-11-15-25)29(35)22-34(39(3,37)38)26-16-17-27(31)23(2)19-26/h6-17,19,28H,4-5,18,20-22H2,1-3H3,(H,32,36)/t28-/m1/s1. The monoisotopic (exact) mass is 613 g/mol. The van der Waals surface area contributed by atoms with E-state index in [4.69, 9.17) is 0 Å². The number of anilines is 1. The SMILES string of the molecule is CCCCNC(=O)[C@@H](Cc1ccccc1)N(Cc1ccccc1)C(=O)CN(c1ccc(Br)c(C)c1)S(C)(=O)=O. The van der Waals surface area contributed by atoms with Crippen molar-refractivity contribution >= 4 is 43.5 Å². The molecule has 0 saturated carbocycles. The lowest BCUT2D eigenvalue weighted by atomic mass is 10.0. The summed E-state index contributed by atoms with van der Waals surface area (Å²) in [6.45, 7) is 4.13. The lowest BCUT2D eigenvalue weighted by Crippen LogP contribution is -2.53. The summed E-state index contributed by atoms with van der Waals surface area (Å²) in [5.74, 6) is -0.724. The van der Waals surface area contributed by atoms with Crippen molar-refractivity contribution < 1.29 is 18.0 Å². The van der Waals surface area contributed by atoms with Gasteiger partial charge >= 0.3 is 0 Å². The molecule has 0 heterocycles. The van der Waals surface area contributed by atoms with E-state index in [-0.39, 0.29) is 12.5 Å². The van der Waals surface area contributed by atoms with Crippen molar-refractivity contribution in [2.24, 2.45) is 0 Å². The van der Waals surface area contributed by atoms with Gasteiger partial charge in [0.25, 0.3) is 0 Å². The Labute approximate surface area is 240 Å². The van der Waals surface area contributed by atoms with Crippen LogP contribution in [0.25, 0.3) is 0 Å². The van der Waals surface area contributed by atoms with E-state index in [0.717, 1.165) is 44.6 Å². The Balaban J connectivity index is 2.02. The van der Waals surface area contributed by atoms with E-state index < -0.39 is 28.5 Å². The molecule has 3 aromatic rings. The smallest absolute Gasteiger partial charge is 0.244 e. The molecule has 9 heteroatoms. The first-order valence-electron chi connectivity index (χ1n) is 13.0. The molecule has 0 aromatic heterocycles. The van der Waals surface area contributed by atoms with Crippen LogP contribution in [-0.2, 0) is 32.6 Å². The van der Waals surface area contributed by atoms with Gasteiger partial charge in [0.15, 0.2) is 0 Å². The zero-order chi connectivity index (χ0) is 28.4. The summed E-state index contributed by atoms with van der Waals surface area (Å²) >= 11 is 3.44. The maximum absolute atomic E-state index is 14.0. The summed E-state index contributed by atoms with van der Waals surface area (Å²) in [5, 5.41) is 2.98. The van der Waals surface area contributed by atoms with Crippen molar-refractivity contribution in [1.82, 2.24) is 10.2 Å². The molecule has 0 fully saturated rings. The van der Waals surface area contributed by atoms with Crippen LogP contribution in [0.2, 0.25) is 0 Å². The zero-order valence-electron chi connectivity index (χ0n) is 22.6. The summed E-state index contributed by atoms with van der Waals surface area (Å²) in [5.41, 5.74) is 2.98. The summed E-state index contributed by atoms with van der Waals surface area (Å²) in [6, 6.07) is 23.3. The fourth-order valence-electron chi connectivity index (χ4n) is 4.24. The van der Waals surface area contributed by atoms with Gasteiger partial charge in [-0.2, -0.15) is 0 Å². The number of nitrogens with one attached hydrogen (secondary N) is 1. The van der Waals surface area contributed by atoms with Gasteiger partial charge in [-0.25, -0.2) is 8.42 Å². The third kappa shape index (κ3) is 8.93. The highest BCUT2D eigenvalue weighted by molar-refractivity contribution is 9.10. The van der Waals surface area contributed by atoms with E-state index >= 15 is 0 Å². The van der Waals surface area contributed by atoms with Crippen LogP contribution in [0.1, 0.15) is 36.5 Å². The third-order valence-corrected chi connectivity index (χ3v) is 8.44. The largest absolute Gasteiger partial charge is 0.354 e. The molecule has 1 N–H and O–H groups in total. The lowest BCUT2D eigenvalue weighted by molar-refractivity contribution is -0.140. The maximum Gasteiger partial charge on any atom is 0.244 e. The number of benzene rings is 3. The van der Waals surface area contributed by atoms with Crippen molar-refractivity contribution in [3.63, 3.8) is 0 Å². The number of carbonyl (C=O) groups excluding carboxylic acids is 2. The Morgan fingerprint density at radius 2 is 1.56 bits per heavy atom. The molecule has 0 saturated heterocycles. The average Bonchev–Trinajstić information content (AvgIpc) is 2.91. The normalized spacial score (nSPS) is 12.0. The minimum Gasteiger partial charge on any atom is -0.354 e. The average molecular weight is 615 g/mol. The molecule has 1 atom stereocenters. The first kappa shape index (κ1) is 30.4. The molecule has 0 aliphatic rings. The topological polar surface area (TPSA) is 86.8 Å². The van der Waals surface area contributed by atoms with Crippen molar-refractivity contribution in [3.8, 4) is 0 Å². The molecule has 3 rings (SSSR count). The fraction of sp³-hybridized carbons (Fsp3) is 0.333. The minimum atomic E-state index is -3.80. The number of hydrogen-bond donors (Lipinski definition) is 1. The predicted molar refractivity (Wildman–Crippen MR) is 160 cm³/mol. The minimum absolute atomic E-state index is 0.162. The molecule has 0 spiro atoms. The Morgan fingerprint density at radius 1 is 0.949 bits per heavy atom. The molecule has 3 aromatic carbocycles. The van der Waals surface area contributed by atoms with Gasteiger partial charge in [-0.15, -0.1) is 0 Å². The van der Waals surface area contributed by atoms with Gasteiger partial charge in [-0.3, -0.25) is 13.9 Å². The number of amides is 2. The number of nitrogens with zero attached hydrogens (tertiary/aromatic N) is 2. The van der Waals surface area contributed by atoms with E-state index in [1.807, 2.05) is 74.5 Å². The summed E-state index contributed by atoms with van der Waals surface area (Å²) in [4.78, 5) is 29.1. The van der Waals surface area contributed by atoms with Crippen molar-refractivity contribution in [2.75, 3.05) is 23.7 Å². The first-order chi connectivity index (χ1) is 18.6. The van der Waals surface area contributed by atoms with Gasteiger partial charge in [-0.1, -0.05) is 89.9 Å². The van der Waals surface area contributed by atoms with Crippen molar-refractivity contribution in [3.05, 3.63) is 100 Å². The number of aryl methyl sites for hydroxylation is 1. The van der Waals surface area contributed by atoms with Gasteiger partial charge in [0.1, 0.15) is 12.6 Å². The van der Waals surface area contributed by atoms with Gasteiger partial charge in [0.2, 0.25) is 21.8 Å². The molecule has 0 aliphatic heterocycles. The van der Waals surface area contributed by atoms with Gasteiger partial charge in [-0.05, 0) is 48.2 Å². The van der Waals surface area contributed by atoms with E-state index in [9.17, 15) is 18.0 Å². The number of unbranched alkanes of at least 4 members (excludes halogenated alkanes) is 1. The Morgan fingerprint density at radius 3 is 2.13 bits per heavy atom. The quantitative estimate of drug-likeness (QED) is 0.272. The number of halogens is 1. The molecule has 0 bridgehead atoms.